The van der Waals surface area contributed by atoms with E-state index in [9.17, 15) is 10.1 Å². The smallest absolute Gasteiger partial charge is 0.329 e. The Morgan fingerprint density at radius 3 is 2.79 bits per heavy atom. The molecule has 9 heteroatoms. The second kappa shape index (κ2) is 6.32. The number of benzene rings is 1. The van der Waals surface area contributed by atoms with Crippen molar-refractivity contribution in [3.63, 3.8) is 0 Å². The van der Waals surface area contributed by atoms with Crippen LogP contribution in [0.1, 0.15) is 11.3 Å². The van der Waals surface area contributed by atoms with E-state index < -0.39 is 4.92 Å². The number of para-hydroxylation sites is 1. The molecule has 122 valence electrons. The van der Waals surface area contributed by atoms with E-state index in [1.165, 1.54) is 0 Å². The monoisotopic (exact) mass is 325 g/mol. The number of hydrogen-bond acceptors (Lipinski definition) is 7. The van der Waals surface area contributed by atoms with Crippen molar-refractivity contribution in [3.05, 3.63) is 64.1 Å². The standard InChI is InChI=1S/C15H15N7O2/c1-10-6-7-21(20-10)12-5-3-2-4-11(12)8-17-15-18-9-13(22(23)24)14(16)19-15/h2-7,9H,8H2,1H3,(H3,16,17,18,19). The maximum atomic E-state index is 10.7. The SMILES string of the molecule is Cc1ccn(-c2ccccc2CNc2ncc([N+](=O)[O-])c(N)n2)n1. The van der Waals surface area contributed by atoms with Crippen molar-refractivity contribution in [2.75, 3.05) is 11.1 Å². The number of nitrogens with two attached hydrogens (primary N) is 1. The van der Waals surface area contributed by atoms with Crippen molar-refractivity contribution in [1.29, 1.82) is 0 Å². The van der Waals surface area contributed by atoms with Gasteiger partial charge in [-0.3, -0.25) is 10.1 Å². The normalized spacial score (nSPS) is 10.5. The van der Waals surface area contributed by atoms with Gasteiger partial charge in [-0.15, -0.1) is 0 Å². The van der Waals surface area contributed by atoms with Crippen LogP contribution < -0.4 is 11.1 Å². The summed E-state index contributed by atoms with van der Waals surface area (Å²) in [5.74, 6) is 0.0537. The van der Waals surface area contributed by atoms with E-state index in [1.54, 1.807) is 4.68 Å². The second-order valence-electron chi connectivity index (χ2n) is 5.11. The molecule has 24 heavy (non-hydrogen) atoms. The van der Waals surface area contributed by atoms with Gasteiger partial charge in [0, 0.05) is 12.7 Å². The second-order valence-corrected chi connectivity index (χ2v) is 5.11. The molecule has 0 aliphatic carbocycles. The lowest BCUT2D eigenvalue weighted by molar-refractivity contribution is -0.384. The van der Waals surface area contributed by atoms with Gasteiger partial charge in [0.25, 0.3) is 0 Å². The summed E-state index contributed by atoms with van der Waals surface area (Å²) in [6.07, 6.45) is 2.97. The lowest BCUT2D eigenvalue weighted by atomic mass is 10.2. The van der Waals surface area contributed by atoms with E-state index in [4.69, 9.17) is 5.73 Å². The number of nitrogens with one attached hydrogen (secondary N) is 1. The molecule has 0 unspecified atom stereocenters. The molecule has 0 amide bonds. The van der Waals surface area contributed by atoms with E-state index in [-0.39, 0.29) is 17.5 Å². The fourth-order valence-corrected chi connectivity index (χ4v) is 2.22. The summed E-state index contributed by atoms with van der Waals surface area (Å²) in [6, 6.07) is 9.67. The lowest BCUT2D eigenvalue weighted by Gasteiger charge is -2.10. The minimum absolute atomic E-state index is 0.173. The van der Waals surface area contributed by atoms with E-state index in [2.05, 4.69) is 20.4 Å². The maximum Gasteiger partial charge on any atom is 0.329 e. The fourth-order valence-electron chi connectivity index (χ4n) is 2.22. The van der Waals surface area contributed by atoms with Gasteiger partial charge in [-0.2, -0.15) is 10.1 Å². The number of anilines is 2. The predicted octanol–water partition coefficient (Wildman–Crippen LogP) is 2.07. The highest BCUT2D eigenvalue weighted by Gasteiger charge is 2.14. The van der Waals surface area contributed by atoms with Crippen LogP contribution in [0, 0.1) is 17.0 Å². The summed E-state index contributed by atoms with van der Waals surface area (Å²) >= 11 is 0. The molecule has 3 aromatic rings. The molecule has 3 N–H and O–H groups in total. The van der Waals surface area contributed by atoms with Gasteiger partial charge < -0.3 is 11.1 Å². The minimum atomic E-state index is -0.617. The van der Waals surface area contributed by atoms with Gasteiger partial charge in [0.2, 0.25) is 11.8 Å². The Kier molecular flexibility index (Phi) is 4.06. The summed E-state index contributed by atoms with van der Waals surface area (Å²) < 4.78 is 1.79. The van der Waals surface area contributed by atoms with Crippen LogP contribution in [-0.4, -0.2) is 24.7 Å². The van der Waals surface area contributed by atoms with Crippen LogP contribution in [0.3, 0.4) is 0 Å². The third kappa shape index (κ3) is 3.14. The Morgan fingerprint density at radius 1 is 1.33 bits per heavy atom. The molecule has 0 radical (unpaired) electrons. The van der Waals surface area contributed by atoms with Gasteiger partial charge in [-0.1, -0.05) is 18.2 Å². The number of nitro groups is 1. The van der Waals surface area contributed by atoms with Gasteiger partial charge in [0.15, 0.2) is 0 Å². The summed E-state index contributed by atoms with van der Waals surface area (Å²) in [5.41, 5.74) is 8.07. The number of aryl methyl sites for hydroxylation is 1. The van der Waals surface area contributed by atoms with Crippen LogP contribution in [0.4, 0.5) is 17.5 Å². The highest BCUT2D eigenvalue weighted by atomic mass is 16.6. The van der Waals surface area contributed by atoms with Crippen molar-refractivity contribution in [2.24, 2.45) is 0 Å². The largest absolute Gasteiger partial charge is 0.378 e. The molecule has 0 aliphatic rings. The molecule has 1 aromatic carbocycles. The van der Waals surface area contributed by atoms with Crippen LogP contribution in [0.15, 0.2) is 42.7 Å². The molecular formula is C15H15N7O2. The average Bonchev–Trinajstić information content (AvgIpc) is 2.99. The van der Waals surface area contributed by atoms with Gasteiger partial charge in [0.1, 0.15) is 6.20 Å². The molecule has 0 bridgehead atoms. The first-order valence-corrected chi connectivity index (χ1v) is 7.16. The molecule has 9 nitrogen and oxygen atoms in total. The maximum absolute atomic E-state index is 10.7. The van der Waals surface area contributed by atoms with Crippen LogP contribution >= 0.6 is 0 Å². The number of rotatable bonds is 5. The zero-order chi connectivity index (χ0) is 17.1. The van der Waals surface area contributed by atoms with Crippen molar-refractivity contribution < 1.29 is 4.92 Å². The minimum Gasteiger partial charge on any atom is -0.378 e. The lowest BCUT2D eigenvalue weighted by Crippen LogP contribution is -2.09. The number of nitrogen functional groups attached to an aromatic ring is 1. The third-order valence-electron chi connectivity index (χ3n) is 3.39. The van der Waals surface area contributed by atoms with E-state index in [0.717, 1.165) is 23.1 Å². The number of aromatic nitrogens is 4. The first-order chi connectivity index (χ1) is 11.5. The van der Waals surface area contributed by atoms with Gasteiger partial charge >= 0.3 is 5.69 Å². The molecule has 3 rings (SSSR count). The summed E-state index contributed by atoms with van der Waals surface area (Å²) in [6.45, 7) is 2.34. The van der Waals surface area contributed by atoms with E-state index in [1.807, 2.05) is 43.5 Å². The first-order valence-electron chi connectivity index (χ1n) is 7.16. The Balaban J connectivity index is 1.80. The van der Waals surface area contributed by atoms with E-state index in [0.29, 0.717) is 6.54 Å². The first kappa shape index (κ1) is 15.4. The zero-order valence-electron chi connectivity index (χ0n) is 12.9. The molecule has 0 saturated heterocycles. The molecule has 2 aromatic heterocycles. The van der Waals surface area contributed by atoms with Crippen molar-refractivity contribution in [2.45, 2.75) is 13.5 Å². The van der Waals surface area contributed by atoms with Crippen molar-refractivity contribution in [1.82, 2.24) is 19.7 Å². The van der Waals surface area contributed by atoms with Gasteiger partial charge in [-0.05, 0) is 24.6 Å². The molecule has 0 fully saturated rings. The number of nitrogens with zero attached hydrogens (tertiary/aromatic N) is 5. The predicted molar refractivity (Wildman–Crippen MR) is 88.7 cm³/mol. The Bertz CT molecular complexity index is 891. The molecule has 0 aliphatic heterocycles. The number of hydrogen-bond donors (Lipinski definition) is 2. The summed E-state index contributed by atoms with van der Waals surface area (Å²) in [7, 11) is 0. The highest BCUT2D eigenvalue weighted by Crippen LogP contribution is 2.19. The summed E-state index contributed by atoms with van der Waals surface area (Å²) in [5, 5.41) is 18.2. The van der Waals surface area contributed by atoms with Crippen LogP contribution in [-0.2, 0) is 6.54 Å². The quantitative estimate of drug-likeness (QED) is 0.543. The van der Waals surface area contributed by atoms with Crippen molar-refractivity contribution >= 4 is 17.5 Å². The fraction of sp³-hybridized carbons (Fsp3) is 0.133. The molecule has 2 heterocycles. The summed E-state index contributed by atoms with van der Waals surface area (Å²) in [4.78, 5) is 17.9. The topological polar surface area (TPSA) is 125 Å². The van der Waals surface area contributed by atoms with E-state index >= 15 is 0 Å². The molecular weight excluding hydrogens is 310 g/mol. The van der Waals surface area contributed by atoms with Crippen LogP contribution in [0.5, 0.6) is 0 Å². The Morgan fingerprint density at radius 2 is 2.12 bits per heavy atom. The average molecular weight is 325 g/mol. The van der Waals surface area contributed by atoms with Gasteiger partial charge in [0.05, 0.1) is 16.3 Å². The van der Waals surface area contributed by atoms with Crippen LogP contribution in [0.25, 0.3) is 5.69 Å². The van der Waals surface area contributed by atoms with Gasteiger partial charge in [-0.25, -0.2) is 9.67 Å². The molecule has 0 spiro atoms. The third-order valence-corrected chi connectivity index (χ3v) is 3.39. The Hall–Kier alpha value is -3.49. The molecule has 0 saturated carbocycles. The zero-order valence-corrected chi connectivity index (χ0v) is 12.9. The van der Waals surface area contributed by atoms with Crippen molar-refractivity contribution in [3.8, 4) is 5.69 Å². The highest BCUT2D eigenvalue weighted by molar-refractivity contribution is 5.53. The molecule has 0 atom stereocenters. The van der Waals surface area contributed by atoms with Crippen LogP contribution in [0.2, 0.25) is 0 Å². The Labute approximate surface area is 137 Å².